The summed E-state index contributed by atoms with van der Waals surface area (Å²) in [5, 5.41) is 12.9. The molecule has 1 aromatic heterocycles. The van der Waals surface area contributed by atoms with E-state index < -0.39 is 36.2 Å². The minimum Gasteiger partial charge on any atom is -0.481 e. The van der Waals surface area contributed by atoms with Crippen molar-refractivity contribution < 1.29 is 23.5 Å². The van der Waals surface area contributed by atoms with Crippen LogP contribution in [0.2, 0.25) is 0 Å². The maximum absolute atomic E-state index is 16.4. The molecule has 2 fully saturated rings. The van der Waals surface area contributed by atoms with Crippen LogP contribution >= 0.6 is 0 Å². The number of benzene rings is 2. The van der Waals surface area contributed by atoms with Gasteiger partial charge in [-0.3, -0.25) is 14.4 Å². The van der Waals surface area contributed by atoms with Gasteiger partial charge in [-0.25, -0.2) is 8.78 Å². The summed E-state index contributed by atoms with van der Waals surface area (Å²) in [7, 11) is 0. The molecule has 0 unspecified atom stereocenters. The Labute approximate surface area is 281 Å². The quantitative estimate of drug-likeness (QED) is 0.278. The number of likely N-dealkylation sites (tertiary alicyclic amines) is 1. The SMILES string of the molecule is Cc1cc(F)cc2c1-c1cc(C3CC3)c(F)c(c1)[C@H](CC(=O)O)NC(=O)[C@@H](n1cc(CCN3CCC3)cc(C)c1=O)CCCCCCC2. The summed E-state index contributed by atoms with van der Waals surface area (Å²) in [5.74, 6) is -2.49. The molecule has 3 aromatic rings. The maximum Gasteiger partial charge on any atom is 0.305 e. The number of hydrogen-bond acceptors (Lipinski definition) is 4. The van der Waals surface area contributed by atoms with Gasteiger partial charge in [0.2, 0.25) is 5.91 Å². The Bertz CT molecular complexity index is 1740. The molecule has 256 valence electrons. The maximum atomic E-state index is 16.4. The molecule has 2 N–H and O–H groups in total. The highest BCUT2D eigenvalue weighted by Gasteiger charge is 2.33. The first-order valence-corrected chi connectivity index (χ1v) is 17.7. The summed E-state index contributed by atoms with van der Waals surface area (Å²) < 4.78 is 32.7. The molecule has 48 heavy (non-hydrogen) atoms. The van der Waals surface area contributed by atoms with E-state index in [4.69, 9.17) is 0 Å². The molecule has 7 nitrogen and oxygen atoms in total. The van der Waals surface area contributed by atoms with Gasteiger partial charge in [0.05, 0.1) is 12.5 Å². The summed E-state index contributed by atoms with van der Waals surface area (Å²) in [5.41, 5.74) is 5.00. The number of rotatable bonds is 7. The van der Waals surface area contributed by atoms with Gasteiger partial charge < -0.3 is 19.9 Å². The van der Waals surface area contributed by atoms with Crippen LogP contribution in [0.1, 0.15) is 116 Å². The molecule has 1 amide bonds. The van der Waals surface area contributed by atoms with E-state index in [1.54, 1.807) is 25.3 Å². The van der Waals surface area contributed by atoms with Crippen LogP contribution in [0.4, 0.5) is 8.78 Å². The van der Waals surface area contributed by atoms with E-state index in [0.717, 1.165) is 86.8 Å². The van der Waals surface area contributed by atoms with Crippen molar-refractivity contribution in [2.75, 3.05) is 19.6 Å². The van der Waals surface area contributed by atoms with Gasteiger partial charge in [0.15, 0.2) is 0 Å². The van der Waals surface area contributed by atoms with Gasteiger partial charge in [0.1, 0.15) is 17.7 Å². The Balaban J connectivity index is 1.43. The predicted octanol–water partition coefficient (Wildman–Crippen LogP) is 7.31. The minimum atomic E-state index is -1.18. The Morgan fingerprint density at radius 1 is 0.896 bits per heavy atom. The molecule has 1 saturated carbocycles. The monoisotopic (exact) mass is 659 g/mol. The number of carboxylic acid groups (broad SMARTS) is 1. The third-order valence-electron chi connectivity index (χ3n) is 10.4. The molecule has 1 saturated heterocycles. The van der Waals surface area contributed by atoms with E-state index in [1.165, 1.54) is 17.1 Å². The first-order valence-electron chi connectivity index (χ1n) is 17.7. The van der Waals surface area contributed by atoms with Crippen LogP contribution in [0, 0.1) is 25.5 Å². The molecule has 6 rings (SSSR count). The number of carbonyl (C=O) groups is 2. The Morgan fingerprint density at radius 2 is 1.62 bits per heavy atom. The molecule has 0 radical (unpaired) electrons. The highest BCUT2D eigenvalue weighted by atomic mass is 19.1. The lowest BCUT2D eigenvalue weighted by Crippen LogP contribution is -2.41. The van der Waals surface area contributed by atoms with Gasteiger partial charge in [-0.05, 0) is 142 Å². The predicted molar refractivity (Wildman–Crippen MR) is 182 cm³/mol. The van der Waals surface area contributed by atoms with Crippen LogP contribution in [0.3, 0.4) is 0 Å². The van der Waals surface area contributed by atoms with Crippen molar-refractivity contribution in [3.63, 3.8) is 0 Å². The number of aliphatic carboxylic acids is 1. The third kappa shape index (κ3) is 7.72. The second-order valence-corrected chi connectivity index (χ2v) is 14.2. The second-order valence-electron chi connectivity index (χ2n) is 14.2. The van der Waals surface area contributed by atoms with Crippen molar-refractivity contribution in [3.8, 4) is 11.1 Å². The number of amides is 1. The number of pyridine rings is 1. The van der Waals surface area contributed by atoms with Crippen LogP contribution in [0.25, 0.3) is 11.1 Å². The van der Waals surface area contributed by atoms with Gasteiger partial charge in [0, 0.05) is 23.9 Å². The lowest BCUT2D eigenvalue weighted by Gasteiger charge is -2.30. The smallest absolute Gasteiger partial charge is 0.305 e. The summed E-state index contributed by atoms with van der Waals surface area (Å²) >= 11 is 0. The zero-order valence-corrected chi connectivity index (χ0v) is 28.1. The average Bonchev–Trinajstić information content (AvgIpc) is 3.84. The number of aryl methyl sites for hydroxylation is 3. The van der Waals surface area contributed by atoms with Crippen molar-refractivity contribution in [2.24, 2.45) is 0 Å². The molecule has 0 spiro atoms. The molecule has 2 aromatic carbocycles. The van der Waals surface area contributed by atoms with Crippen molar-refractivity contribution in [2.45, 2.75) is 109 Å². The van der Waals surface area contributed by atoms with Crippen molar-refractivity contribution in [3.05, 3.63) is 91.9 Å². The highest BCUT2D eigenvalue weighted by molar-refractivity contribution is 5.82. The summed E-state index contributed by atoms with van der Waals surface area (Å²) in [6.45, 7) is 6.62. The third-order valence-corrected chi connectivity index (χ3v) is 10.4. The van der Waals surface area contributed by atoms with Gasteiger partial charge in [-0.15, -0.1) is 0 Å². The topological polar surface area (TPSA) is 91.6 Å². The van der Waals surface area contributed by atoms with Crippen LogP contribution in [-0.2, 0) is 22.4 Å². The normalized spacial score (nSPS) is 20.9. The largest absolute Gasteiger partial charge is 0.481 e. The van der Waals surface area contributed by atoms with Gasteiger partial charge in [-0.1, -0.05) is 25.7 Å². The zero-order chi connectivity index (χ0) is 33.9. The van der Waals surface area contributed by atoms with Crippen molar-refractivity contribution in [1.29, 1.82) is 0 Å². The molecule has 9 heteroatoms. The Kier molecular flexibility index (Phi) is 10.4. The summed E-state index contributed by atoms with van der Waals surface area (Å²) in [4.78, 5) is 42.5. The van der Waals surface area contributed by atoms with Crippen molar-refractivity contribution in [1.82, 2.24) is 14.8 Å². The standard InChI is InChI=1S/C39H47F2N3O4/c1-24-18-30(40)19-28-9-6-4-3-5-7-10-34(44-23-26(17-25(2)39(44)48)13-16-43-14-8-15-43)38(47)42-33(22-35(45)46)32-21-29(36(24)28)20-31(37(32)41)27-11-12-27/h17-21,23,27,33-34H,3-16,22H2,1-2H3,(H,42,47)(H,45,46)/t33-,34-/m0/s1. The number of halogens is 2. The van der Waals surface area contributed by atoms with E-state index in [2.05, 4.69) is 10.2 Å². The number of carbonyl (C=O) groups excluding carboxylic acids is 1. The molecule has 2 atom stereocenters. The number of fused-ring (bicyclic) bond motifs is 4. The number of aromatic nitrogens is 1. The fourth-order valence-corrected chi connectivity index (χ4v) is 7.52. The summed E-state index contributed by atoms with van der Waals surface area (Å²) in [6, 6.07) is 6.37. The minimum absolute atomic E-state index is 0.00739. The second kappa shape index (κ2) is 14.7. The van der Waals surface area contributed by atoms with Crippen LogP contribution in [0.15, 0.2) is 41.3 Å². The summed E-state index contributed by atoms with van der Waals surface area (Å²) in [6.07, 6.45) is 10.1. The van der Waals surface area contributed by atoms with Gasteiger partial charge in [-0.2, -0.15) is 0 Å². The fourth-order valence-electron chi connectivity index (χ4n) is 7.52. The van der Waals surface area contributed by atoms with E-state index in [9.17, 15) is 23.9 Å². The van der Waals surface area contributed by atoms with Gasteiger partial charge in [0.25, 0.3) is 5.56 Å². The zero-order valence-electron chi connectivity index (χ0n) is 28.1. The number of hydrogen-bond donors (Lipinski definition) is 2. The molecule has 2 aliphatic heterocycles. The lowest BCUT2D eigenvalue weighted by molar-refractivity contribution is -0.138. The van der Waals surface area contributed by atoms with Crippen molar-refractivity contribution >= 4 is 11.9 Å². The number of nitrogens with one attached hydrogen (secondary N) is 1. The Morgan fingerprint density at radius 3 is 2.33 bits per heavy atom. The first-order chi connectivity index (χ1) is 23.1. The molecule has 3 heterocycles. The molecule has 3 aliphatic rings. The fraction of sp³-hybridized carbons (Fsp3) is 0.513. The van der Waals surface area contributed by atoms with Crippen LogP contribution in [-0.4, -0.2) is 46.1 Å². The molecule has 1 aliphatic carbocycles. The average molecular weight is 660 g/mol. The van der Waals surface area contributed by atoms with Gasteiger partial charge >= 0.3 is 5.97 Å². The first kappa shape index (κ1) is 34.0. The van der Waals surface area contributed by atoms with E-state index in [0.29, 0.717) is 36.0 Å². The molecular formula is C39H47F2N3O4. The lowest BCUT2D eigenvalue weighted by atomic mass is 9.87. The van der Waals surface area contributed by atoms with E-state index >= 15 is 4.39 Å². The molecule has 2 bridgehead atoms. The van der Waals surface area contributed by atoms with Crippen LogP contribution < -0.4 is 10.9 Å². The molecular weight excluding hydrogens is 612 g/mol. The Hall–Kier alpha value is -3.85. The highest BCUT2D eigenvalue weighted by Crippen LogP contribution is 2.45. The number of nitrogens with zero attached hydrogens (tertiary/aromatic N) is 2. The van der Waals surface area contributed by atoms with E-state index in [-0.39, 0.29) is 22.9 Å². The van der Waals surface area contributed by atoms with E-state index in [1.807, 2.05) is 19.1 Å². The van der Waals surface area contributed by atoms with Crippen LogP contribution in [0.5, 0.6) is 0 Å². The number of carboxylic acids is 1.